The summed E-state index contributed by atoms with van der Waals surface area (Å²) in [6, 6.07) is 0. The lowest BCUT2D eigenvalue weighted by Crippen LogP contribution is -2.27. The van der Waals surface area contributed by atoms with Gasteiger partial charge in [0.25, 0.3) is 0 Å². The Morgan fingerprint density at radius 2 is 0.923 bits per heavy atom. The Hall–Kier alpha value is -0.0800. The van der Waals surface area contributed by atoms with E-state index in [1.165, 1.54) is 109 Å². The van der Waals surface area contributed by atoms with Crippen molar-refractivity contribution in [3.8, 4) is 0 Å². The second-order valence-corrected chi connectivity index (χ2v) is 9.04. The van der Waals surface area contributed by atoms with Crippen LogP contribution in [0.3, 0.4) is 0 Å². The molecule has 0 aliphatic heterocycles. The fraction of sp³-hybridized carbons (Fsp3) is 1.00. The molecule has 0 amide bonds. The Kier molecular flexibility index (Phi) is 21.2. The van der Waals surface area contributed by atoms with E-state index in [0.29, 0.717) is 0 Å². The molecule has 26 heavy (non-hydrogen) atoms. The fourth-order valence-electron chi connectivity index (χ4n) is 3.53. The summed E-state index contributed by atoms with van der Waals surface area (Å²) in [5, 5.41) is 3.53. The summed E-state index contributed by atoms with van der Waals surface area (Å²) in [6.45, 7) is 8.16. The molecule has 0 unspecified atom stereocenters. The predicted octanol–water partition coefficient (Wildman–Crippen LogP) is 7.04. The van der Waals surface area contributed by atoms with Crippen LogP contribution in [0.4, 0.5) is 0 Å². The first-order valence-corrected chi connectivity index (χ1v) is 12.0. The molecule has 0 aromatic heterocycles. The molecule has 0 aromatic rings. The number of nitrogens with one attached hydrogen (secondary N) is 1. The number of unbranched alkanes of at least 4 members (excludes halogenated alkanes) is 14. The van der Waals surface area contributed by atoms with Crippen LogP contribution in [0, 0.1) is 5.92 Å². The SMILES string of the molecule is CC(C)CCCCCCCCCCCCCCCCCNCCN(C)C. The minimum absolute atomic E-state index is 0.894. The van der Waals surface area contributed by atoms with Crippen molar-refractivity contribution in [2.45, 2.75) is 117 Å². The molecule has 0 saturated heterocycles. The van der Waals surface area contributed by atoms with Crippen LogP contribution in [0.15, 0.2) is 0 Å². The van der Waals surface area contributed by atoms with Crippen LogP contribution in [0.25, 0.3) is 0 Å². The molecular formula is C24H52N2. The van der Waals surface area contributed by atoms with Gasteiger partial charge in [-0.25, -0.2) is 0 Å². The quantitative estimate of drug-likeness (QED) is 0.219. The summed E-state index contributed by atoms with van der Waals surface area (Å²) in [6.07, 6.45) is 23.2. The summed E-state index contributed by atoms with van der Waals surface area (Å²) < 4.78 is 0. The minimum Gasteiger partial charge on any atom is -0.315 e. The second-order valence-electron chi connectivity index (χ2n) is 9.04. The van der Waals surface area contributed by atoms with Crippen molar-refractivity contribution in [1.29, 1.82) is 0 Å². The summed E-state index contributed by atoms with van der Waals surface area (Å²) in [4.78, 5) is 2.24. The molecule has 0 bridgehead atoms. The van der Waals surface area contributed by atoms with E-state index in [2.05, 4.69) is 38.2 Å². The average Bonchev–Trinajstić information content (AvgIpc) is 2.59. The van der Waals surface area contributed by atoms with Gasteiger partial charge in [-0.3, -0.25) is 0 Å². The van der Waals surface area contributed by atoms with Gasteiger partial charge in [-0.15, -0.1) is 0 Å². The van der Waals surface area contributed by atoms with E-state index in [0.717, 1.165) is 19.0 Å². The summed E-state index contributed by atoms with van der Waals surface area (Å²) >= 11 is 0. The molecule has 0 fully saturated rings. The highest BCUT2D eigenvalue weighted by molar-refractivity contribution is 4.53. The molecule has 158 valence electrons. The summed E-state index contributed by atoms with van der Waals surface area (Å²) in [5.41, 5.74) is 0. The topological polar surface area (TPSA) is 15.3 Å². The highest BCUT2D eigenvalue weighted by Gasteiger charge is 1.96. The molecular weight excluding hydrogens is 316 g/mol. The molecule has 0 radical (unpaired) electrons. The first-order valence-electron chi connectivity index (χ1n) is 12.0. The van der Waals surface area contributed by atoms with Crippen molar-refractivity contribution in [2.24, 2.45) is 5.92 Å². The van der Waals surface area contributed by atoms with Gasteiger partial charge in [0.1, 0.15) is 0 Å². The van der Waals surface area contributed by atoms with Gasteiger partial charge in [-0.1, -0.05) is 110 Å². The van der Waals surface area contributed by atoms with Crippen LogP contribution in [-0.4, -0.2) is 38.6 Å². The average molecular weight is 369 g/mol. The zero-order valence-electron chi connectivity index (χ0n) is 19.0. The lowest BCUT2D eigenvalue weighted by Gasteiger charge is -2.10. The molecule has 2 nitrogen and oxygen atoms in total. The third kappa shape index (κ3) is 23.9. The number of likely N-dealkylation sites (N-methyl/N-ethyl adjacent to an activating group) is 1. The van der Waals surface area contributed by atoms with Gasteiger partial charge >= 0.3 is 0 Å². The molecule has 0 spiro atoms. The Morgan fingerprint density at radius 3 is 1.31 bits per heavy atom. The van der Waals surface area contributed by atoms with Crippen molar-refractivity contribution in [2.75, 3.05) is 33.7 Å². The molecule has 1 N–H and O–H groups in total. The van der Waals surface area contributed by atoms with Gasteiger partial charge in [0, 0.05) is 13.1 Å². The maximum Gasteiger partial charge on any atom is 0.0101 e. The Labute approximate surface area is 166 Å². The third-order valence-electron chi connectivity index (χ3n) is 5.37. The van der Waals surface area contributed by atoms with Crippen LogP contribution in [0.1, 0.15) is 117 Å². The Bertz CT molecular complexity index is 225. The van der Waals surface area contributed by atoms with Gasteiger partial charge in [0.05, 0.1) is 0 Å². The Balaban J connectivity index is 2.99. The fourth-order valence-corrected chi connectivity index (χ4v) is 3.53. The maximum atomic E-state index is 3.53. The lowest BCUT2D eigenvalue weighted by atomic mass is 10.0. The smallest absolute Gasteiger partial charge is 0.0101 e. The zero-order chi connectivity index (χ0) is 19.3. The monoisotopic (exact) mass is 368 g/mol. The standard InChI is InChI=1S/C24H52N2/c1-24(2)20-18-16-14-12-10-8-6-5-7-9-11-13-15-17-19-21-25-22-23-26(3)4/h24-25H,5-23H2,1-4H3. The van der Waals surface area contributed by atoms with Crippen molar-refractivity contribution < 1.29 is 0 Å². The molecule has 0 heterocycles. The molecule has 0 rings (SSSR count). The zero-order valence-corrected chi connectivity index (χ0v) is 19.0. The summed E-state index contributed by atoms with van der Waals surface area (Å²) in [7, 11) is 4.27. The van der Waals surface area contributed by atoms with Crippen molar-refractivity contribution >= 4 is 0 Å². The third-order valence-corrected chi connectivity index (χ3v) is 5.37. The van der Waals surface area contributed by atoms with Crippen LogP contribution in [0.5, 0.6) is 0 Å². The van der Waals surface area contributed by atoms with E-state index in [1.807, 2.05) is 0 Å². The molecule has 0 aliphatic rings. The van der Waals surface area contributed by atoms with E-state index in [-0.39, 0.29) is 0 Å². The Morgan fingerprint density at radius 1 is 0.538 bits per heavy atom. The number of rotatable bonds is 21. The van der Waals surface area contributed by atoms with E-state index in [1.54, 1.807) is 0 Å². The minimum atomic E-state index is 0.894. The maximum absolute atomic E-state index is 3.53. The first kappa shape index (κ1) is 25.9. The van der Waals surface area contributed by atoms with E-state index >= 15 is 0 Å². The van der Waals surface area contributed by atoms with Gasteiger partial charge in [-0.2, -0.15) is 0 Å². The van der Waals surface area contributed by atoms with E-state index in [4.69, 9.17) is 0 Å². The predicted molar refractivity (Wildman–Crippen MR) is 120 cm³/mol. The van der Waals surface area contributed by atoms with Crippen LogP contribution < -0.4 is 5.32 Å². The van der Waals surface area contributed by atoms with Gasteiger partial charge in [0.15, 0.2) is 0 Å². The lowest BCUT2D eigenvalue weighted by molar-refractivity contribution is 0.398. The van der Waals surface area contributed by atoms with Crippen molar-refractivity contribution in [3.05, 3.63) is 0 Å². The second kappa shape index (κ2) is 21.2. The summed E-state index contributed by atoms with van der Waals surface area (Å²) in [5.74, 6) is 0.894. The number of hydrogen-bond acceptors (Lipinski definition) is 2. The van der Waals surface area contributed by atoms with Gasteiger partial charge in [-0.05, 0) is 33.0 Å². The van der Waals surface area contributed by atoms with Gasteiger partial charge < -0.3 is 10.2 Å². The number of nitrogens with zero attached hydrogens (tertiary/aromatic N) is 1. The molecule has 0 aromatic carbocycles. The molecule has 0 aliphatic carbocycles. The molecule has 0 saturated carbocycles. The van der Waals surface area contributed by atoms with E-state index < -0.39 is 0 Å². The van der Waals surface area contributed by atoms with Crippen molar-refractivity contribution in [3.63, 3.8) is 0 Å². The highest BCUT2D eigenvalue weighted by atomic mass is 15.1. The highest BCUT2D eigenvalue weighted by Crippen LogP contribution is 2.14. The molecule has 0 atom stereocenters. The first-order chi connectivity index (χ1) is 12.6. The number of hydrogen-bond donors (Lipinski definition) is 1. The van der Waals surface area contributed by atoms with Crippen LogP contribution in [-0.2, 0) is 0 Å². The van der Waals surface area contributed by atoms with Crippen LogP contribution >= 0.6 is 0 Å². The largest absolute Gasteiger partial charge is 0.315 e. The van der Waals surface area contributed by atoms with Crippen LogP contribution in [0.2, 0.25) is 0 Å². The molecule has 2 heteroatoms. The van der Waals surface area contributed by atoms with Gasteiger partial charge in [0.2, 0.25) is 0 Å². The normalized spacial score (nSPS) is 11.8. The van der Waals surface area contributed by atoms with Crippen molar-refractivity contribution in [1.82, 2.24) is 10.2 Å². The van der Waals surface area contributed by atoms with E-state index in [9.17, 15) is 0 Å².